The lowest BCUT2D eigenvalue weighted by atomic mass is 10.8. The van der Waals surface area contributed by atoms with Crippen LogP contribution in [0.25, 0.3) is 0 Å². The van der Waals surface area contributed by atoms with Gasteiger partial charge in [0.15, 0.2) is 0 Å². The minimum atomic E-state index is -1.83. The Kier molecular flexibility index (Phi) is 11.9. The van der Waals surface area contributed by atoms with Gasteiger partial charge in [-0.3, -0.25) is 0 Å². The topological polar surface area (TPSA) is 57.5 Å². The summed E-state index contributed by atoms with van der Waals surface area (Å²) in [5.74, 6) is 0. The van der Waals surface area contributed by atoms with E-state index in [2.05, 4.69) is 6.58 Å². The first kappa shape index (κ1) is 9.38. The third-order valence-electron chi connectivity index (χ3n) is 0. The van der Waals surface area contributed by atoms with Crippen molar-refractivity contribution in [1.82, 2.24) is 0 Å². The molecule has 0 aliphatic heterocycles. The largest absolute Gasteiger partial charge is 0.503 e. The predicted molar refractivity (Wildman–Crippen MR) is 27.6 cm³/mol. The smallest absolute Gasteiger partial charge is 0.450 e. The summed E-state index contributed by atoms with van der Waals surface area (Å²) in [6.45, 7) is 5.25. The maximum atomic E-state index is 8.56. The van der Waals surface area contributed by atoms with Gasteiger partial charge in [-0.25, -0.2) is 4.79 Å². The quantitative estimate of drug-likeness (QED) is 0.459. The highest BCUT2D eigenvalue weighted by Gasteiger charge is 1.70. The van der Waals surface area contributed by atoms with Crippen LogP contribution in [0.1, 0.15) is 8.35 Å². The number of carboxylic acid groups (broad SMARTS) is 2. The van der Waals surface area contributed by atoms with Crippen molar-refractivity contribution in [2.75, 3.05) is 0 Å². The summed E-state index contributed by atoms with van der Waals surface area (Å²) in [6, 6.07) is 0. The summed E-state index contributed by atoms with van der Waals surface area (Å²) in [7, 11) is 0. The summed E-state index contributed by atoms with van der Waals surface area (Å²) in [5.41, 5.74) is 0. The minimum absolute atomic E-state index is 0. The van der Waals surface area contributed by atoms with E-state index in [1.165, 1.54) is 0 Å². The summed E-state index contributed by atoms with van der Waals surface area (Å²) in [5, 5.41) is 13.9. The molecule has 3 heteroatoms. The van der Waals surface area contributed by atoms with Gasteiger partial charge in [0.1, 0.15) is 0 Å². The predicted octanol–water partition coefficient (Wildman–Crippen LogP) is 1.53. The van der Waals surface area contributed by atoms with Crippen LogP contribution in [0.5, 0.6) is 0 Å². The van der Waals surface area contributed by atoms with E-state index >= 15 is 0 Å². The van der Waals surface area contributed by atoms with Crippen LogP contribution in [0.3, 0.4) is 0 Å². The molecule has 0 saturated heterocycles. The first-order valence-electron chi connectivity index (χ1n) is 1.64. The van der Waals surface area contributed by atoms with E-state index in [1.807, 2.05) is 6.92 Å². The molecule has 0 aromatic heterocycles. The summed E-state index contributed by atoms with van der Waals surface area (Å²) < 4.78 is 0. The van der Waals surface area contributed by atoms with Gasteiger partial charge in [0.05, 0.1) is 0 Å². The number of hydrogen-bond donors (Lipinski definition) is 2. The Hall–Kier alpha value is -0.990. The molecule has 0 saturated carbocycles. The van der Waals surface area contributed by atoms with E-state index in [-0.39, 0.29) is 1.43 Å². The van der Waals surface area contributed by atoms with E-state index < -0.39 is 6.16 Å². The van der Waals surface area contributed by atoms with Gasteiger partial charge in [0, 0.05) is 1.43 Å². The van der Waals surface area contributed by atoms with Gasteiger partial charge in [-0.05, 0) is 6.92 Å². The van der Waals surface area contributed by atoms with Crippen molar-refractivity contribution in [3.8, 4) is 0 Å². The zero-order valence-corrected chi connectivity index (χ0v) is 4.09. The van der Waals surface area contributed by atoms with Gasteiger partial charge in [0.2, 0.25) is 0 Å². The fourth-order valence-corrected chi connectivity index (χ4v) is 0. The van der Waals surface area contributed by atoms with Gasteiger partial charge in [0.25, 0.3) is 0 Å². The molecule has 0 atom stereocenters. The van der Waals surface area contributed by atoms with Crippen LogP contribution in [0.2, 0.25) is 0 Å². The molecule has 0 unspecified atom stereocenters. The Morgan fingerprint density at radius 3 is 1.86 bits per heavy atom. The van der Waals surface area contributed by atoms with Crippen molar-refractivity contribution in [3.63, 3.8) is 0 Å². The van der Waals surface area contributed by atoms with Crippen LogP contribution < -0.4 is 0 Å². The molecule has 0 fully saturated rings. The molecule has 7 heavy (non-hydrogen) atoms. The Balaban J connectivity index is -0.0000000575. The molecule has 0 aliphatic carbocycles. The third kappa shape index (κ3) is 46.3. The lowest BCUT2D eigenvalue weighted by Gasteiger charge is -1.60. The Morgan fingerprint density at radius 2 is 1.86 bits per heavy atom. The SMILES string of the molecule is C=CC.O=C(O)O.[H]. The van der Waals surface area contributed by atoms with Crippen LogP contribution in [0.15, 0.2) is 12.7 Å². The highest BCUT2D eigenvalue weighted by molar-refractivity contribution is 5.53. The molecular weight excluding hydrogens is 96.0 g/mol. The fourth-order valence-electron chi connectivity index (χ4n) is 0. The van der Waals surface area contributed by atoms with Gasteiger partial charge < -0.3 is 10.2 Å². The van der Waals surface area contributed by atoms with E-state index in [0.29, 0.717) is 0 Å². The molecule has 0 bridgehead atoms. The van der Waals surface area contributed by atoms with Crippen LogP contribution in [-0.4, -0.2) is 16.4 Å². The molecule has 1 radical (unpaired) electrons. The maximum absolute atomic E-state index is 8.56. The van der Waals surface area contributed by atoms with E-state index in [4.69, 9.17) is 15.0 Å². The monoisotopic (exact) mass is 105 g/mol. The molecule has 0 amide bonds. The average molecular weight is 105 g/mol. The fraction of sp³-hybridized carbons (Fsp3) is 0.250. The Labute approximate surface area is 43.4 Å². The van der Waals surface area contributed by atoms with Crippen LogP contribution in [0, 0.1) is 0 Å². The molecule has 0 aromatic carbocycles. The molecule has 0 aliphatic rings. The van der Waals surface area contributed by atoms with Crippen molar-refractivity contribution in [1.29, 1.82) is 0 Å². The average Bonchev–Trinajstić information content (AvgIpc) is 1.33. The normalized spacial score (nSPS) is 5.29. The standard InChI is InChI=1S/C3H6.CH2O3.H/c1-3-2;2-1(3)4;/h3H,1H2,2H3;(H2,2,3,4);. The maximum Gasteiger partial charge on any atom is 0.503 e. The first-order chi connectivity index (χ1) is 3.15. The number of hydrogen-bond acceptors (Lipinski definition) is 1. The lowest BCUT2D eigenvalue weighted by Crippen LogP contribution is -1.81. The highest BCUT2D eigenvalue weighted by atomic mass is 16.6. The second kappa shape index (κ2) is 8.89. The van der Waals surface area contributed by atoms with Crippen LogP contribution in [0.4, 0.5) is 4.79 Å². The zero-order valence-electron chi connectivity index (χ0n) is 5.09. The highest BCUT2D eigenvalue weighted by Crippen LogP contribution is 1.42. The number of rotatable bonds is 0. The van der Waals surface area contributed by atoms with Gasteiger partial charge >= 0.3 is 6.16 Å². The molecule has 0 aromatic rings. The zero-order chi connectivity index (χ0) is 6.28. The van der Waals surface area contributed by atoms with E-state index in [1.54, 1.807) is 6.08 Å². The second-order valence-electron chi connectivity index (χ2n) is 0.691. The summed E-state index contributed by atoms with van der Waals surface area (Å²) >= 11 is 0. The first-order valence-corrected chi connectivity index (χ1v) is 1.64. The van der Waals surface area contributed by atoms with Crippen molar-refractivity contribution in [2.45, 2.75) is 6.92 Å². The molecular formula is C4H9O3. The Morgan fingerprint density at radius 1 is 1.86 bits per heavy atom. The number of carbonyl (C=O) groups is 1. The van der Waals surface area contributed by atoms with E-state index in [9.17, 15) is 0 Å². The number of allylic oxidation sites excluding steroid dienone is 1. The lowest BCUT2D eigenvalue weighted by molar-refractivity contribution is 0.137. The van der Waals surface area contributed by atoms with Crippen molar-refractivity contribution in [2.24, 2.45) is 0 Å². The Bertz CT molecular complexity index is 58.3. The molecule has 0 spiro atoms. The van der Waals surface area contributed by atoms with Gasteiger partial charge in [-0.1, -0.05) is 6.08 Å². The molecule has 0 heterocycles. The van der Waals surface area contributed by atoms with Gasteiger partial charge in [-0.2, -0.15) is 0 Å². The van der Waals surface area contributed by atoms with Crippen LogP contribution in [-0.2, 0) is 0 Å². The molecule has 2 N–H and O–H groups in total. The van der Waals surface area contributed by atoms with E-state index in [0.717, 1.165) is 0 Å². The van der Waals surface area contributed by atoms with Crippen molar-refractivity contribution >= 4 is 6.16 Å². The minimum Gasteiger partial charge on any atom is -0.450 e. The molecule has 3 nitrogen and oxygen atoms in total. The summed E-state index contributed by atoms with van der Waals surface area (Å²) in [4.78, 5) is 8.56. The molecule has 0 rings (SSSR count). The van der Waals surface area contributed by atoms with Crippen molar-refractivity contribution < 1.29 is 16.4 Å². The molecule has 43 valence electrons. The third-order valence-corrected chi connectivity index (χ3v) is 0. The summed E-state index contributed by atoms with van der Waals surface area (Å²) in [6.07, 6.45) is -0.0833. The second-order valence-corrected chi connectivity index (χ2v) is 0.691. The van der Waals surface area contributed by atoms with Crippen molar-refractivity contribution in [3.05, 3.63) is 12.7 Å². The van der Waals surface area contributed by atoms with Crippen LogP contribution >= 0.6 is 0 Å². The van der Waals surface area contributed by atoms with Gasteiger partial charge in [-0.15, -0.1) is 6.58 Å².